The summed E-state index contributed by atoms with van der Waals surface area (Å²) < 4.78 is 0. The van der Waals surface area contributed by atoms with E-state index in [2.05, 4.69) is 17.2 Å². The number of hydrogen-bond acceptors (Lipinski definition) is 4. The van der Waals surface area contributed by atoms with Crippen LogP contribution in [0, 0.1) is 11.8 Å². The van der Waals surface area contributed by atoms with E-state index in [-0.39, 0.29) is 18.3 Å². The van der Waals surface area contributed by atoms with E-state index in [1.807, 2.05) is 11.4 Å². The summed E-state index contributed by atoms with van der Waals surface area (Å²) >= 11 is 1.50. The van der Waals surface area contributed by atoms with Crippen molar-refractivity contribution in [2.24, 2.45) is 0 Å². The lowest BCUT2D eigenvalue weighted by Gasteiger charge is -2.03. The summed E-state index contributed by atoms with van der Waals surface area (Å²) in [6, 6.07) is 7.96. The largest absolute Gasteiger partial charge is 0.508 e. The zero-order chi connectivity index (χ0) is 14.4. The fraction of sp³-hybridized carbons (Fsp3) is 0.133. The Labute approximate surface area is 120 Å². The van der Waals surface area contributed by atoms with Crippen molar-refractivity contribution in [3.8, 4) is 17.6 Å². The second kappa shape index (κ2) is 6.75. The maximum absolute atomic E-state index is 11.9. The molecule has 2 aromatic rings. The molecule has 0 saturated heterocycles. The predicted molar refractivity (Wildman–Crippen MR) is 77.6 cm³/mol. The SMILES string of the molecule is O=C(NCc1cc(C#CCO)cs1)c1ccc(O)cc1. The Balaban J connectivity index is 1.93. The lowest BCUT2D eigenvalue weighted by atomic mass is 10.2. The van der Waals surface area contributed by atoms with E-state index in [1.165, 1.54) is 23.5 Å². The molecule has 0 aliphatic carbocycles. The minimum Gasteiger partial charge on any atom is -0.508 e. The molecule has 1 aromatic heterocycles. The number of phenols is 1. The zero-order valence-electron chi connectivity index (χ0n) is 10.6. The first-order valence-electron chi connectivity index (χ1n) is 5.93. The first-order chi connectivity index (χ1) is 9.69. The van der Waals surface area contributed by atoms with E-state index in [0.29, 0.717) is 12.1 Å². The van der Waals surface area contributed by atoms with Crippen molar-refractivity contribution in [3.63, 3.8) is 0 Å². The van der Waals surface area contributed by atoms with Crippen LogP contribution in [0.1, 0.15) is 20.8 Å². The molecular weight excluding hydrogens is 274 g/mol. The van der Waals surface area contributed by atoms with Crippen molar-refractivity contribution in [2.75, 3.05) is 6.61 Å². The van der Waals surface area contributed by atoms with Crippen LogP contribution in [0.5, 0.6) is 5.75 Å². The third-order valence-corrected chi connectivity index (χ3v) is 3.45. The van der Waals surface area contributed by atoms with Crippen molar-refractivity contribution in [2.45, 2.75) is 6.54 Å². The van der Waals surface area contributed by atoms with Gasteiger partial charge in [0, 0.05) is 21.4 Å². The number of aromatic hydroxyl groups is 1. The van der Waals surface area contributed by atoms with Gasteiger partial charge in [-0.15, -0.1) is 11.3 Å². The summed E-state index contributed by atoms with van der Waals surface area (Å²) in [6.45, 7) is 0.258. The molecule has 2 rings (SSSR count). The number of aliphatic hydroxyl groups excluding tert-OH is 1. The fourth-order valence-electron chi connectivity index (χ4n) is 1.56. The fourth-order valence-corrected chi connectivity index (χ4v) is 2.32. The topological polar surface area (TPSA) is 69.6 Å². The van der Waals surface area contributed by atoms with Gasteiger partial charge in [0.25, 0.3) is 5.91 Å². The molecule has 1 amide bonds. The van der Waals surface area contributed by atoms with Gasteiger partial charge in [-0.25, -0.2) is 0 Å². The first kappa shape index (κ1) is 14.1. The number of nitrogens with one attached hydrogen (secondary N) is 1. The molecule has 0 atom stereocenters. The van der Waals surface area contributed by atoms with E-state index >= 15 is 0 Å². The standard InChI is InChI=1S/C15H13NO3S/c17-7-1-2-11-8-14(20-10-11)9-16-15(19)12-3-5-13(18)6-4-12/h3-6,8,10,17-18H,7,9H2,(H,16,19). The number of amides is 1. The summed E-state index contributed by atoms with van der Waals surface area (Å²) in [4.78, 5) is 12.8. The van der Waals surface area contributed by atoms with Gasteiger partial charge in [0.15, 0.2) is 0 Å². The summed E-state index contributed by atoms with van der Waals surface area (Å²) in [5, 5.41) is 22.4. The van der Waals surface area contributed by atoms with Crippen molar-refractivity contribution in [1.82, 2.24) is 5.32 Å². The van der Waals surface area contributed by atoms with Crippen LogP contribution in [-0.4, -0.2) is 22.7 Å². The lowest BCUT2D eigenvalue weighted by molar-refractivity contribution is 0.0951. The van der Waals surface area contributed by atoms with Gasteiger partial charge in [-0.2, -0.15) is 0 Å². The van der Waals surface area contributed by atoms with E-state index in [4.69, 9.17) is 10.2 Å². The Morgan fingerprint density at radius 3 is 2.75 bits per heavy atom. The number of carbonyl (C=O) groups excluding carboxylic acids is 1. The van der Waals surface area contributed by atoms with Gasteiger partial charge in [0.1, 0.15) is 12.4 Å². The molecule has 1 heterocycles. The normalized spacial score (nSPS) is 9.65. The molecule has 1 aromatic carbocycles. The van der Waals surface area contributed by atoms with Crippen molar-refractivity contribution < 1.29 is 15.0 Å². The Kier molecular flexibility index (Phi) is 4.77. The molecule has 102 valence electrons. The van der Waals surface area contributed by atoms with Crippen molar-refractivity contribution in [1.29, 1.82) is 0 Å². The zero-order valence-corrected chi connectivity index (χ0v) is 11.4. The Morgan fingerprint density at radius 1 is 1.30 bits per heavy atom. The van der Waals surface area contributed by atoms with Gasteiger partial charge in [-0.3, -0.25) is 4.79 Å². The molecule has 3 N–H and O–H groups in total. The molecule has 0 aliphatic heterocycles. The van der Waals surface area contributed by atoms with E-state index < -0.39 is 0 Å². The molecule has 0 aliphatic rings. The average Bonchev–Trinajstić information content (AvgIpc) is 2.91. The highest BCUT2D eigenvalue weighted by atomic mass is 32.1. The molecule has 20 heavy (non-hydrogen) atoms. The molecule has 0 bridgehead atoms. The molecule has 5 heteroatoms. The number of aliphatic hydroxyl groups is 1. The summed E-state index contributed by atoms with van der Waals surface area (Å²) in [6.07, 6.45) is 0. The predicted octanol–water partition coefficient (Wildman–Crippen LogP) is 1.73. The number of benzene rings is 1. The maximum atomic E-state index is 11.9. The summed E-state index contributed by atoms with van der Waals surface area (Å²) in [5.74, 6) is 5.32. The van der Waals surface area contributed by atoms with Crippen molar-refractivity contribution >= 4 is 17.2 Å². The van der Waals surface area contributed by atoms with Gasteiger partial charge in [0.2, 0.25) is 0 Å². The smallest absolute Gasteiger partial charge is 0.251 e. The van der Waals surface area contributed by atoms with E-state index in [0.717, 1.165) is 10.4 Å². The molecule has 0 spiro atoms. The summed E-state index contributed by atoms with van der Waals surface area (Å²) in [5.41, 5.74) is 1.33. The molecular formula is C15H13NO3S. The number of phenolic OH excluding ortho intramolecular Hbond substituents is 1. The minimum absolute atomic E-state index is 0.131. The van der Waals surface area contributed by atoms with Gasteiger partial charge in [-0.05, 0) is 30.3 Å². The Morgan fingerprint density at radius 2 is 2.05 bits per heavy atom. The van der Waals surface area contributed by atoms with Crippen LogP contribution in [0.25, 0.3) is 0 Å². The molecule has 0 unspecified atom stereocenters. The second-order valence-corrected chi connectivity index (χ2v) is 4.99. The molecule has 0 saturated carbocycles. The Bertz CT molecular complexity index is 650. The van der Waals surface area contributed by atoms with E-state index in [1.54, 1.807) is 12.1 Å². The molecule has 0 radical (unpaired) electrons. The van der Waals surface area contributed by atoms with Crippen LogP contribution in [0.15, 0.2) is 35.7 Å². The van der Waals surface area contributed by atoms with Gasteiger partial charge in [-0.1, -0.05) is 11.8 Å². The Hall–Kier alpha value is -2.29. The highest BCUT2D eigenvalue weighted by Crippen LogP contribution is 2.14. The first-order valence-corrected chi connectivity index (χ1v) is 6.81. The van der Waals surface area contributed by atoms with Crippen LogP contribution in [-0.2, 0) is 6.54 Å². The number of carbonyl (C=O) groups is 1. The van der Waals surface area contributed by atoms with Crippen LogP contribution in [0.3, 0.4) is 0 Å². The third kappa shape index (κ3) is 3.85. The van der Waals surface area contributed by atoms with Gasteiger partial charge >= 0.3 is 0 Å². The summed E-state index contributed by atoms with van der Waals surface area (Å²) in [7, 11) is 0. The lowest BCUT2D eigenvalue weighted by Crippen LogP contribution is -2.22. The van der Waals surface area contributed by atoms with Crippen LogP contribution in [0.4, 0.5) is 0 Å². The number of hydrogen-bond donors (Lipinski definition) is 3. The molecule has 0 fully saturated rings. The number of rotatable bonds is 3. The van der Waals surface area contributed by atoms with E-state index in [9.17, 15) is 4.79 Å². The highest BCUT2D eigenvalue weighted by Gasteiger charge is 2.06. The highest BCUT2D eigenvalue weighted by molar-refractivity contribution is 7.10. The quantitative estimate of drug-likeness (QED) is 0.753. The number of thiophene rings is 1. The van der Waals surface area contributed by atoms with Crippen molar-refractivity contribution in [3.05, 3.63) is 51.7 Å². The molecule has 4 nitrogen and oxygen atoms in total. The van der Waals surface area contributed by atoms with Gasteiger partial charge < -0.3 is 15.5 Å². The maximum Gasteiger partial charge on any atom is 0.251 e. The average molecular weight is 287 g/mol. The second-order valence-electron chi connectivity index (χ2n) is 3.99. The third-order valence-electron chi connectivity index (χ3n) is 2.52. The minimum atomic E-state index is -0.193. The van der Waals surface area contributed by atoms with Crippen LogP contribution >= 0.6 is 11.3 Å². The van der Waals surface area contributed by atoms with Crippen LogP contribution < -0.4 is 5.32 Å². The monoisotopic (exact) mass is 287 g/mol. The van der Waals surface area contributed by atoms with Crippen LogP contribution in [0.2, 0.25) is 0 Å². The van der Waals surface area contributed by atoms with Gasteiger partial charge in [0.05, 0.1) is 6.54 Å².